The molecule has 2 aromatic carbocycles. The summed E-state index contributed by atoms with van der Waals surface area (Å²) in [6, 6.07) is 16.5. The number of hydrogen-bond acceptors (Lipinski definition) is 6. The van der Waals surface area contributed by atoms with Gasteiger partial charge in [-0.2, -0.15) is 4.39 Å². The maximum Gasteiger partial charge on any atom is 0.263 e. The van der Waals surface area contributed by atoms with Crippen molar-refractivity contribution >= 4 is 34.2 Å². The van der Waals surface area contributed by atoms with Gasteiger partial charge < -0.3 is 14.4 Å². The van der Waals surface area contributed by atoms with E-state index in [0.29, 0.717) is 24.0 Å². The highest BCUT2D eigenvalue weighted by Crippen LogP contribution is 2.47. The van der Waals surface area contributed by atoms with Crippen LogP contribution >= 0.6 is 11.6 Å². The molecule has 7 nitrogen and oxygen atoms in total. The second-order valence-electron chi connectivity index (χ2n) is 13.7. The number of aryl methyl sites for hydroxylation is 1. The zero-order valence-corrected chi connectivity index (χ0v) is 29.4. The van der Waals surface area contributed by atoms with Crippen molar-refractivity contribution in [2.24, 2.45) is 17.8 Å². The second-order valence-corrected chi connectivity index (χ2v) is 15.7. The summed E-state index contributed by atoms with van der Waals surface area (Å²) in [6.45, 7) is 6.27. The molecule has 1 saturated carbocycles. The predicted molar refractivity (Wildman–Crippen MR) is 189 cm³/mol. The molecule has 1 N–H and O–H groups in total. The van der Waals surface area contributed by atoms with Crippen LogP contribution in [0.2, 0.25) is 5.02 Å². The van der Waals surface area contributed by atoms with Crippen LogP contribution in [-0.2, 0) is 27.6 Å². The summed E-state index contributed by atoms with van der Waals surface area (Å²) in [5.74, 6) is 1.10. The average Bonchev–Trinajstić information content (AvgIpc) is 3.22. The van der Waals surface area contributed by atoms with E-state index in [2.05, 4.69) is 45.8 Å². The Hall–Kier alpha value is -3.27. The van der Waals surface area contributed by atoms with Crippen LogP contribution in [0.25, 0.3) is 0 Å². The van der Waals surface area contributed by atoms with Gasteiger partial charge in [0.1, 0.15) is 16.7 Å². The molecule has 3 aromatic rings. The number of aromatic nitrogens is 1. The summed E-state index contributed by atoms with van der Waals surface area (Å²) in [7, 11) is 0.305. The van der Waals surface area contributed by atoms with Gasteiger partial charge in [-0.1, -0.05) is 42.8 Å². The molecule has 7 atom stereocenters. The van der Waals surface area contributed by atoms with E-state index >= 15 is 0 Å². The Bertz CT molecular complexity index is 1660. The number of methoxy groups -OCH3 is 1. The van der Waals surface area contributed by atoms with Gasteiger partial charge in [-0.3, -0.25) is 9.52 Å². The number of nitrogens with one attached hydrogen (secondary N) is 1. The summed E-state index contributed by atoms with van der Waals surface area (Å²) < 4.78 is 40.3. The van der Waals surface area contributed by atoms with Gasteiger partial charge in [0, 0.05) is 42.4 Å². The first-order chi connectivity index (χ1) is 23.2. The fourth-order valence-corrected chi connectivity index (χ4v) is 8.82. The van der Waals surface area contributed by atoms with E-state index in [4.69, 9.17) is 21.1 Å². The molecule has 2 bridgehead atoms. The number of halogens is 2. The van der Waals surface area contributed by atoms with Crippen LogP contribution < -0.4 is 14.4 Å². The molecule has 48 heavy (non-hydrogen) atoms. The minimum absolute atomic E-state index is 0.0508. The molecular weight excluding hydrogens is 649 g/mol. The van der Waals surface area contributed by atoms with Crippen LogP contribution in [0, 0.1) is 23.7 Å². The molecule has 7 rings (SSSR count). The van der Waals surface area contributed by atoms with Gasteiger partial charge in [0.25, 0.3) is 5.91 Å². The Morgan fingerprint density at radius 3 is 2.71 bits per heavy atom. The molecular formula is C38H45ClFN3O4S. The van der Waals surface area contributed by atoms with Gasteiger partial charge in [0.15, 0.2) is 0 Å². The Morgan fingerprint density at radius 1 is 1.15 bits per heavy atom. The number of fused-ring (bicyclic) bond motifs is 4. The van der Waals surface area contributed by atoms with Gasteiger partial charge in [-0.25, -0.2) is 9.19 Å². The Morgan fingerprint density at radius 2 is 2.00 bits per heavy atom. The number of carbonyl (C=O) groups excluding carboxylic acids is 1. The van der Waals surface area contributed by atoms with Gasteiger partial charge in [0.2, 0.25) is 5.95 Å². The number of ether oxygens (including phenoxy) is 2. The summed E-state index contributed by atoms with van der Waals surface area (Å²) >= 11 is 6.41. The van der Waals surface area contributed by atoms with E-state index in [1.54, 1.807) is 25.3 Å². The Labute approximate surface area is 290 Å². The maximum absolute atomic E-state index is 13.3. The first-order valence-corrected chi connectivity index (χ1v) is 18.5. The first-order valence-electron chi connectivity index (χ1n) is 17.0. The van der Waals surface area contributed by atoms with Crippen molar-refractivity contribution in [3.8, 4) is 5.75 Å². The molecule has 256 valence electrons. The molecule has 10 heteroatoms. The third-order valence-corrected chi connectivity index (χ3v) is 12.5. The largest absolute Gasteiger partial charge is 0.490 e. The summed E-state index contributed by atoms with van der Waals surface area (Å²) in [4.78, 5) is 19.1. The van der Waals surface area contributed by atoms with E-state index in [-0.39, 0.29) is 28.6 Å². The Kier molecular flexibility index (Phi) is 10.9. The molecule has 4 aliphatic rings. The maximum atomic E-state index is 13.3. The average molecular weight is 694 g/mol. The fourth-order valence-electron chi connectivity index (χ4n) is 7.60. The highest BCUT2D eigenvalue weighted by atomic mass is 35.5. The van der Waals surface area contributed by atoms with Crippen molar-refractivity contribution in [2.45, 2.75) is 69.1 Å². The number of pyridine rings is 1. The summed E-state index contributed by atoms with van der Waals surface area (Å²) in [5.41, 5.74) is 3.90. The smallest absolute Gasteiger partial charge is 0.263 e. The number of rotatable bonds is 1. The number of allylic oxidation sites excluding steroid dienone is 1. The summed E-state index contributed by atoms with van der Waals surface area (Å²) in [6.07, 6.45) is 12.1. The molecule has 1 amide bonds. The van der Waals surface area contributed by atoms with Gasteiger partial charge in [0.05, 0.1) is 23.6 Å². The molecule has 3 heterocycles. The number of benzene rings is 2. The highest BCUT2D eigenvalue weighted by molar-refractivity contribution is 7.84. The van der Waals surface area contributed by atoms with Crippen molar-refractivity contribution in [1.29, 1.82) is 0 Å². The zero-order valence-electron chi connectivity index (χ0n) is 27.9. The molecule has 2 aliphatic carbocycles. The van der Waals surface area contributed by atoms with E-state index in [9.17, 15) is 13.4 Å². The standard InChI is InChI=1S/C33H41ClN2O4S.C5H4FN/c1-21-6-4-8-30(39-3)27-12-9-25(27)18-36-19-33(15-5-7-23-16-26(34)11-13-28(23)33)20-40-31-14-10-24(17-29(31)36)32(37)35-41(38)22(21)2;6-5-3-1-2-4-7-5/h4,8,10-11,13-14,16-17,21-22,25,27,30H,5-7,9,12,15,18-20H2,1-3H3,(H,35,37);1-4H/b8-4+;/t21?,22?,25?,27?,30?,33-,41?;/m0./s1. The van der Waals surface area contributed by atoms with Gasteiger partial charge >= 0.3 is 0 Å². The monoisotopic (exact) mass is 693 g/mol. The fraction of sp³-hybridized carbons (Fsp3) is 0.474. The van der Waals surface area contributed by atoms with Gasteiger partial charge in [-0.15, -0.1) is 0 Å². The molecule has 1 fully saturated rings. The van der Waals surface area contributed by atoms with E-state index in [1.165, 1.54) is 23.4 Å². The quantitative estimate of drug-likeness (QED) is 0.211. The SMILES string of the molecule is COC1/C=C/CC(C)C(C)S(=O)NC(=O)c2ccc3c(c2)N(CC2CCC21)C[C@@]1(CCCc2cc(Cl)ccc21)CO3.Fc1ccccn1. The first kappa shape index (κ1) is 34.6. The van der Waals surface area contributed by atoms with Crippen molar-refractivity contribution in [3.63, 3.8) is 0 Å². The van der Waals surface area contributed by atoms with Crippen molar-refractivity contribution in [2.75, 3.05) is 31.7 Å². The number of hydrogen-bond donors (Lipinski definition) is 1. The van der Waals surface area contributed by atoms with E-state index in [0.717, 1.165) is 68.1 Å². The second kappa shape index (κ2) is 15.1. The lowest BCUT2D eigenvalue weighted by atomic mass is 9.68. The van der Waals surface area contributed by atoms with Gasteiger partial charge in [-0.05, 0) is 117 Å². The van der Waals surface area contributed by atoms with Crippen LogP contribution in [0.3, 0.4) is 0 Å². The lowest BCUT2D eigenvalue weighted by Gasteiger charge is -2.46. The van der Waals surface area contributed by atoms with Crippen LogP contribution in [0.15, 0.2) is 72.9 Å². The topological polar surface area (TPSA) is 80.8 Å². The molecule has 2 aliphatic heterocycles. The lowest BCUT2D eigenvalue weighted by Crippen LogP contribution is -2.49. The molecule has 1 aromatic heterocycles. The number of carbonyl (C=O) groups is 1. The molecule has 0 saturated heterocycles. The van der Waals surface area contributed by atoms with Crippen molar-refractivity contribution in [3.05, 3.63) is 101 Å². The normalized spacial score (nSPS) is 30.6. The van der Waals surface area contributed by atoms with Crippen LogP contribution in [0.4, 0.5) is 10.1 Å². The minimum atomic E-state index is -1.50. The van der Waals surface area contributed by atoms with Crippen LogP contribution in [-0.4, -0.2) is 53.3 Å². The van der Waals surface area contributed by atoms with E-state index in [1.807, 2.05) is 25.1 Å². The van der Waals surface area contributed by atoms with Crippen LogP contribution in [0.1, 0.15) is 67.4 Å². The zero-order chi connectivity index (χ0) is 33.8. The third kappa shape index (κ3) is 7.48. The van der Waals surface area contributed by atoms with Crippen LogP contribution in [0.5, 0.6) is 5.75 Å². The number of nitrogens with zero attached hydrogens (tertiary/aromatic N) is 2. The minimum Gasteiger partial charge on any atom is -0.490 e. The van der Waals surface area contributed by atoms with E-state index < -0.39 is 16.9 Å². The number of anilines is 1. The third-order valence-electron chi connectivity index (χ3n) is 10.7. The predicted octanol–water partition coefficient (Wildman–Crippen LogP) is 7.45. The van der Waals surface area contributed by atoms with Crippen molar-refractivity contribution in [1.82, 2.24) is 9.71 Å². The Balaban J connectivity index is 0.000000510. The summed E-state index contributed by atoms with van der Waals surface area (Å²) in [5, 5.41) is 0.589. The highest BCUT2D eigenvalue weighted by Gasteiger charge is 2.44. The number of amides is 1. The molecule has 0 radical (unpaired) electrons. The molecule has 1 spiro atoms. The lowest BCUT2D eigenvalue weighted by molar-refractivity contribution is 0.0131. The molecule has 6 unspecified atom stereocenters. The van der Waals surface area contributed by atoms with Crippen molar-refractivity contribution < 1.29 is 22.9 Å².